The van der Waals surface area contributed by atoms with Gasteiger partial charge in [0.05, 0.1) is 11.6 Å². The van der Waals surface area contributed by atoms with Crippen LogP contribution in [-0.4, -0.2) is 54.3 Å². The molecule has 0 amide bonds. The van der Waals surface area contributed by atoms with Gasteiger partial charge in [0.1, 0.15) is 5.82 Å². The molecule has 18 heavy (non-hydrogen) atoms. The van der Waals surface area contributed by atoms with E-state index in [9.17, 15) is 0 Å². The number of aromatic nitrogens is 1. The summed E-state index contributed by atoms with van der Waals surface area (Å²) in [5, 5.41) is 17.7. The molecule has 1 aromatic rings. The van der Waals surface area contributed by atoms with Gasteiger partial charge in [-0.25, -0.2) is 4.98 Å². The van der Waals surface area contributed by atoms with Crippen LogP contribution in [0.25, 0.3) is 0 Å². The van der Waals surface area contributed by atoms with Crippen molar-refractivity contribution in [3.8, 4) is 6.07 Å². The van der Waals surface area contributed by atoms with E-state index in [1.165, 1.54) is 0 Å². The van der Waals surface area contributed by atoms with Gasteiger partial charge < -0.3 is 10.0 Å². The van der Waals surface area contributed by atoms with E-state index in [-0.39, 0.29) is 6.61 Å². The molecule has 0 aromatic carbocycles. The van der Waals surface area contributed by atoms with Crippen molar-refractivity contribution >= 4 is 5.82 Å². The van der Waals surface area contributed by atoms with E-state index in [0.717, 1.165) is 45.0 Å². The van der Waals surface area contributed by atoms with Crippen molar-refractivity contribution in [2.45, 2.75) is 6.42 Å². The molecule has 1 aliphatic rings. The number of rotatable bonds is 4. The van der Waals surface area contributed by atoms with E-state index in [1.54, 1.807) is 12.3 Å². The summed E-state index contributed by atoms with van der Waals surface area (Å²) in [7, 11) is 0. The predicted molar refractivity (Wildman–Crippen MR) is 69.3 cm³/mol. The second-order valence-electron chi connectivity index (χ2n) is 4.42. The van der Waals surface area contributed by atoms with Crippen molar-refractivity contribution in [2.75, 3.05) is 44.2 Å². The number of nitrogens with zero attached hydrogens (tertiary/aromatic N) is 4. The highest BCUT2D eigenvalue weighted by molar-refractivity contribution is 5.45. The first-order chi connectivity index (χ1) is 8.83. The fraction of sp³-hybridized carbons (Fsp3) is 0.538. The summed E-state index contributed by atoms with van der Waals surface area (Å²) in [6, 6.07) is 5.70. The molecule has 0 saturated carbocycles. The van der Waals surface area contributed by atoms with Crippen LogP contribution in [0, 0.1) is 11.3 Å². The number of hydrogen-bond donors (Lipinski definition) is 1. The van der Waals surface area contributed by atoms with Gasteiger partial charge in [0.25, 0.3) is 0 Å². The Hall–Kier alpha value is -1.64. The highest BCUT2D eigenvalue weighted by atomic mass is 16.3. The topological polar surface area (TPSA) is 63.4 Å². The number of aliphatic hydroxyl groups excluding tert-OH is 1. The number of aliphatic hydroxyl groups is 1. The SMILES string of the molecule is N#Cc1ccnc(N2CCN(CCCO)CC2)c1. The van der Waals surface area contributed by atoms with Gasteiger partial charge in [-0.15, -0.1) is 0 Å². The minimum absolute atomic E-state index is 0.256. The van der Waals surface area contributed by atoms with Crippen LogP contribution in [0.3, 0.4) is 0 Å². The molecular formula is C13H18N4O. The van der Waals surface area contributed by atoms with E-state index >= 15 is 0 Å². The number of pyridine rings is 1. The lowest BCUT2D eigenvalue weighted by molar-refractivity contribution is 0.215. The summed E-state index contributed by atoms with van der Waals surface area (Å²) < 4.78 is 0. The van der Waals surface area contributed by atoms with Crippen LogP contribution >= 0.6 is 0 Å². The van der Waals surface area contributed by atoms with Crippen molar-refractivity contribution in [1.82, 2.24) is 9.88 Å². The lowest BCUT2D eigenvalue weighted by Gasteiger charge is -2.35. The standard InChI is InChI=1S/C13H18N4O/c14-11-12-2-3-15-13(10-12)17-7-5-16(6-8-17)4-1-9-18/h2-3,10,18H,1,4-9H2. The molecule has 1 N–H and O–H groups in total. The summed E-state index contributed by atoms with van der Waals surface area (Å²) in [5.41, 5.74) is 0.655. The van der Waals surface area contributed by atoms with Gasteiger partial charge in [-0.05, 0) is 18.6 Å². The smallest absolute Gasteiger partial charge is 0.129 e. The van der Waals surface area contributed by atoms with Crippen molar-refractivity contribution < 1.29 is 5.11 Å². The third-order valence-corrected chi connectivity index (χ3v) is 3.20. The van der Waals surface area contributed by atoms with Crippen molar-refractivity contribution in [1.29, 1.82) is 5.26 Å². The summed E-state index contributed by atoms with van der Waals surface area (Å²) in [6.07, 6.45) is 2.52. The normalized spacial score (nSPS) is 16.6. The lowest BCUT2D eigenvalue weighted by atomic mass is 10.2. The Balaban J connectivity index is 1.91. The van der Waals surface area contributed by atoms with Crippen molar-refractivity contribution in [3.05, 3.63) is 23.9 Å². The second kappa shape index (κ2) is 6.34. The third kappa shape index (κ3) is 3.19. The van der Waals surface area contributed by atoms with E-state index in [0.29, 0.717) is 5.56 Å². The summed E-state index contributed by atoms with van der Waals surface area (Å²) in [6.45, 7) is 5.03. The molecule has 5 nitrogen and oxygen atoms in total. The number of anilines is 1. The minimum Gasteiger partial charge on any atom is -0.396 e. The van der Waals surface area contributed by atoms with Crippen LogP contribution in [0.2, 0.25) is 0 Å². The Morgan fingerprint density at radius 2 is 2.11 bits per heavy atom. The monoisotopic (exact) mass is 246 g/mol. The zero-order valence-corrected chi connectivity index (χ0v) is 10.4. The Labute approximate surface area is 107 Å². The third-order valence-electron chi connectivity index (χ3n) is 3.20. The maximum atomic E-state index is 8.87. The molecule has 96 valence electrons. The van der Waals surface area contributed by atoms with Crippen LogP contribution in [0.15, 0.2) is 18.3 Å². The maximum Gasteiger partial charge on any atom is 0.129 e. The zero-order chi connectivity index (χ0) is 12.8. The average Bonchev–Trinajstić information content (AvgIpc) is 2.46. The van der Waals surface area contributed by atoms with Gasteiger partial charge in [0.15, 0.2) is 0 Å². The fourth-order valence-corrected chi connectivity index (χ4v) is 2.16. The fourth-order valence-electron chi connectivity index (χ4n) is 2.16. The van der Waals surface area contributed by atoms with Crippen LogP contribution in [0.5, 0.6) is 0 Å². The Kier molecular flexibility index (Phi) is 4.51. The Morgan fingerprint density at radius 3 is 2.78 bits per heavy atom. The number of piperazine rings is 1. The molecule has 0 radical (unpaired) electrons. The van der Waals surface area contributed by atoms with Crippen molar-refractivity contribution in [2.24, 2.45) is 0 Å². The predicted octanol–water partition coefficient (Wildman–Crippen LogP) is 0.458. The van der Waals surface area contributed by atoms with Crippen LogP contribution < -0.4 is 4.90 Å². The molecule has 2 rings (SSSR count). The minimum atomic E-state index is 0.256. The van der Waals surface area contributed by atoms with E-state index in [1.807, 2.05) is 6.07 Å². The average molecular weight is 246 g/mol. The van der Waals surface area contributed by atoms with Crippen LogP contribution in [0.4, 0.5) is 5.82 Å². The zero-order valence-electron chi connectivity index (χ0n) is 10.4. The van der Waals surface area contributed by atoms with Gasteiger partial charge in [0.2, 0.25) is 0 Å². The molecule has 0 spiro atoms. The summed E-state index contributed by atoms with van der Waals surface area (Å²) >= 11 is 0. The van der Waals surface area contributed by atoms with Gasteiger partial charge in [-0.1, -0.05) is 0 Å². The van der Waals surface area contributed by atoms with Crippen molar-refractivity contribution in [3.63, 3.8) is 0 Å². The van der Waals surface area contributed by atoms with Crippen LogP contribution in [-0.2, 0) is 0 Å². The molecule has 0 unspecified atom stereocenters. The molecule has 1 fully saturated rings. The molecule has 1 saturated heterocycles. The first-order valence-corrected chi connectivity index (χ1v) is 6.28. The molecule has 1 aromatic heterocycles. The van der Waals surface area contributed by atoms with Crippen LogP contribution in [0.1, 0.15) is 12.0 Å². The molecule has 0 bridgehead atoms. The summed E-state index contributed by atoms with van der Waals surface area (Å²) in [4.78, 5) is 8.87. The molecular weight excluding hydrogens is 228 g/mol. The number of hydrogen-bond acceptors (Lipinski definition) is 5. The number of nitriles is 1. The van der Waals surface area contributed by atoms with Gasteiger partial charge in [-0.2, -0.15) is 5.26 Å². The molecule has 2 heterocycles. The van der Waals surface area contributed by atoms with E-state index in [2.05, 4.69) is 20.9 Å². The van der Waals surface area contributed by atoms with Gasteiger partial charge in [0, 0.05) is 45.5 Å². The Morgan fingerprint density at radius 1 is 1.33 bits per heavy atom. The highest BCUT2D eigenvalue weighted by Gasteiger charge is 2.17. The largest absolute Gasteiger partial charge is 0.396 e. The quantitative estimate of drug-likeness (QED) is 0.836. The van der Waals surface area contributed by atoms with Gasteiger partial charge >= 0.3 is 0 Å². The molecule has 0 atom stereocenters. The lowest BCUT2D eigenvalue weighted by Crippen LogP contribution is -2.47. The first-order valence-electron chi connectivity index (χ1n) is 6.28. The molecule has 5 heteroatoms. The van der Waals surface area contributed by atoms with E-state index < -0.39 is 0 Å². The van der Waals surface area contributed by atoms with E-state index in [4.69, 9.17) is 10.4 Å². The second-order valence-corrected chi connectivity index (χ2v) is 4.42. The highest BCUT2D eigenvalue weighted by Crippen LogP contribution is 2.14. The maximum absolute atomic E-state index is 8.87. The first kappa shape index (κ1) is 12.8. The summed E-state index contributed by atoms with van der Waals surface area (Å²) in [5.74, 6) is 0.885. The molecule has 0 aliphatic carbocycles. The Bertz CT molecular complexity index is 421. The van der Waals surface area contributed by atoms with Gasteiger partial charge in [-0.3, -0.25) is 4.90 Å². The molecule has 1 aliphatic heterocycles.